The van der Waals surface area contributed by atoms with Crippen molar-refractivity contribution in [3.8, 4) is 10.9 Å². The number of amides is 1. The van der Waals surface area contributed by atoms with E-state index in [4.69, 9.17) is 9.47 Å². The van der Waals surface area contributed by atoms with E-state index in [0.29, 0.717) is 23.8 Å². The molecule has 5 nitrogen and oxygen atoms in total. The number of hydrogen-bond acceptors (Lipinski definition) is 5. The molecule has 1 amide bonds. The first kappa shape index (κ1) is 14.8. The minimum Gasteiger partial charge on any atom is -0.491 e. The summed E-state index contributed by atoms with van der Waals surface area (Å²) in [6.07, 6.45) is 1.88. The molecule has 0 N–H and O–H groups in total. The lowest BCUT2D eigenvalue weighted by atomic mass is 10.1. The number of aromatic nitrogens is 1. The monoisotopic (exact) mass is 318 g/mol. The summed E-state index contributed by atoms with van der Waals surface area (Å²) in [7, 11) is 0. The molecule has 3 rings (SSSR count). The van der Waals surface area contributed by atoms with Crippen LogP contribution in [0.5, 0.6) is 10.9 Å². The van der Waals surface area contributed by atoms with E-state index in [1.165, 1.54) is 11.3 Å². The topological polar surface area (TPSA) is 51.7 Å². The summed E-state index contributed by atoms with van der Waals surface area (Å²) in [6, 6.07) is 7.26. The highest BCUT2D eigenvalue weighted by Gasteiger charge is 2.33. The highest BCUT2D eigenvalue weighted by atomic mass is 32.1. The lowest BCUT2D eigenvalue weighted by molar-refractivity contribution is 0.0177. The molecular formula is C16H18N2O3S. The maximum atomic E-state index is 12.3. The van der Waals surface area contributed by atoms with E-state index < -0.39 is 0 Å². The second kappa shape index (κ2) is 6.36. The molecule has 1 saturated heterocycles. The van der Waals surface area contributed by atoms with Crippen molar-refractivity contribution in [1.29, 1.82) is 0 Å². The first-order chi connectivity index (χ1) is 10.6. The summed E-state index contributed by atoms with van der Waals surface area (Å²) < 4.78 is 11.2. The molecule has 0 unspecified atom stereocenters. The van der Waals surface area contributed by atoms with Crippen LogP contribution in [0.1, 0.15) is 24.2 Å². The number of nitrogens with zero attached hydrogens (tertiary/aromatic N) is 2. The van der Waals surface area contributed by atoms with E-state index in [2.05, 4.69) is 4.98 Å². The molecule has 0 saturated carbocycles. The fourth-order valence-corrected chi connectivity index (χ4v) is 2.77. The largest absolute Gasteiger partial charge is 0.491 e. The van der Waals surface area contributed by atoms with Crippen LogP contribution < -0.4 is 9.47 Å². The van der Waals surface area contributed by atoms with Gasteiger partial charge in [0.15, 0.2) is 0 Å². The Balaban J connectivity index is 1.52. The SMILES string of the molecule is CC(C)Oc1ccc(C(=O)N2CC(Oc3nccs3)C2)cc1. The number of carbonyl (C=O) groups is 1. The van der Waals surface area contributed by atoms with Crippen molar-refractivity contribution in [1.82, 2.24) is 9.88 Å². The number of ether oxygens (including phenoxy) is 2. The van der Waals surface area contributed by atoms with Gasteiger partial charge in [-0.15, -0.1) is 0 Å². The van der Waals surface area contributed by atoms with Crippen molar-refractivity contribution >= 4 is 17.2 Å². The second-order valence-electron chi connectivity index (χ2n) is 5.44. The molecule has 22 heavy (non-hydrogen) atoms. The maximum Gasteiger partial charge on any atom is 0.273 e. The predicted molar refractivity (Wildman–Crippen MR) is 84.6 cm³/mol. The second-order valence-corrected chi connectivity index (χ2v) is 6.30. The molecular weight excluding hydrogens is 300 g/mol. The van der Waals surface area contributed by atoms with E-state index in [9.17, 15) is 4.79 Å². The third kappa shape index (κ3) is 3.39. The quantitative estimate of drug-likeness (QED) is 0.850. The van der Waals surface area contributed by atoms with Gasteiger partial charge < -0.3 is 14.4 Å². The van der Waals surface area contributed by atoms with Gasteiger partial charge in [0.1, 0.15) is 11.9 Å². The van der Waals surface area contributed by atoms with E-state index in [1.54, 1.807) is 23.2 Å². The number of benzene rings is 1. The molecule has 0 radical (unpaired) electrons. The van der Waals surface area contributed by atoms with E-state index in [-0.39, 0.29) is 18.1 Å². The first-order valence-corrected chi connectivity index (χ1v) is 8.12. The van der Waals surface area contributed by atoms with Crippen LogP contribution in [0.2, 0.25) is 0 Å². The number of hydrogen-bond donors (Lipinski definition) is 0. The van der Waals surface area contributed by atoms with Gasteiger partial charge >= 0.3 is 0 Å². The number of thiazole rings is 1. The third-order valence-corrected chi connectivity index (χ3v) is 3.95. The summed E-state index contributed by atoms with van der Waals surface area (Å²) in [5.41, 5.74) is 0.670. The molecule has 0 spiro atoms. The zero-order chi connectivity index (χ0) is 15.5. The number of carbonyl (C=O) groups excluding carboxylic acids is 1. The van der Waals surface area contributed by atoms with Gasteiger partial charge in [0.05, 0.1) is 19.2 Å². The zero-order valence-corrected chi connectivity index (χ0v) is 13.4. The number of likely N-dealkylation sites (tertiary alicyclic amines) is 1. The molecule has 1 aromatic heterocycles. The van der Waals surface area contributed by atoms with E-state index >= 15 is 0 Å². The van der Waals surface area contributed by atoms with Crippen molar-refractivity contribution in [2.24, 2.45) is 0 Å². The molecule has 1 aliphatic rings. The average molecular weight is 318 g/mol. The molecule has 1 fully saturated rings. The summed E-state index contributed by atoms with van der Waals surface area (Å²) in [4.78, 5) is 18.2. The Hall–Kier alpha value is -2.08. The van der Waals surface area contributed by atoms with Crippen LogP contribution >= 0.6 is 11.3 Å². The standard InChI is InChI=1S/C16H18N2O3S/c1-11(2)20-13-5-3-12(4-6-13)15(19)18-9-14(10-18)21-16-17-7-8-22-16/h3-8,11,14H,9-10H2,1-2H3. The Labute approximate surface area is 133 Å². The van der Waals surface area contributed by atoms with E-state index in [0.717, 1.165) is 5.75 Å². The van der Waals surface area contributed by atoms with Gasteiger partial charge in [-0.1, -0.05) is 11.3 Å². The Kier molecular flexibility index (Phi) is 4.29. The van der Waals surface area contributed by atoms with Crippen LogP contribution in [0.4, 0.5) is 0 Å². The minimum atomic E-state index is 0.0232. The Morgan fingerprint density at radius 2 is 2.05 bits per heavy atom. The average Bonchev–Trinajstić information content (AvgIpc) is 2.95. The van der Waals surface area contributed by atoms with Crippen LogP contribution in [0.25, 0.3) is 0 Å². The van der Waals surface area contributed by atoms with Crippen molar-refractivity contribution in [3.63, 3.8) is 0 Å². The van der Waals surface area contributed by atoms with Gasteiger partial charge in [-0.2, -0.15) is 0 Å². The van der Waals surface area contributed by atoms with Crippen molar-refractivity contribution in [2.75, 3.05) is 13.1 Å². The summed E-state index contributed by atoms with van der Waals surface area (Å²) >= 11 is 1.46. The minimum absolute atomic E-state index is 0.0232. The van der Waals surface area contributed by atoms with Crippen LogP contribution in [-0.2, 0) is 0 Å². The first-order valence-electron chi connectivity index (χ1n) is 7.24. The van der Waals surface area contributed by atoms with Crippen LogP contribution in [0.3, 0.4) is 0 Å². The molecule has 116 valence electrons. The van der Waals surface area contributed by atoms with E-state index in [1.807, 2.05) is 31.4 Å². The van der Waals surface area contributed by atoms with Crippen molar-refractivity contribution < 1.29 is 14.3 Å². The third-order valence-electron chi connectivity index (χ3n) is 3.29. The lowest BCUT2D eigenvalue weighted by Crippen LogP contribution is -2.56. The van der Waals surface area contributed by atoms with Crippen LogP contribution in [0.15, 0.2) is 35.8 Å². The summed E-state index contributed by atoms with van der Waals surface area (Å²) in [5.74, 6) is 0.801. The number of rotatable bonds is 5. The van der Waals surface area contributed by atoms with Gasteiger partial charge in [-0.3, -0.25) is 4.79 Å². The summed E-state index contributed by atoms with van der Waals surface area (Å²) in [6.45, 7) is 5.15. The van der Waals surface area contributed by atoms with Gasteiger partial charge in [0.25, 0.3) is 11.1 Å². The molecule has 2 aromatic rings. The fourth-order valence-electron chi connectivity index (χ4n) is 2.22. The molecule has 2 heterocycles. The Morgan fingerprint density at radius 3 is 2.64 bits per heavy atom. The fraction of sp³-hybridized carbons (Fsp3) is 0.375. The van der Waals surface area contributed by atoms with Crippen LogP contribution in [-0.4, -0.2) is 41.1 Å². The van der Waals surface area contributed by atoms with Crippen molar-refractivity contribution in [2.45, 2.75) is 26.1 Å². The van der Waals surface area contributed by atoms with Gasteiger partial charge in [0.2, 0.25) is 0 Å². The molecule has 1 aromatic carbocycles. The maximum absolute atomic E-state index is 12.3. The molecule has 0 bridgehead atoms. The Morgan fingerprint density at radius 1 is 1.32 bits per heavy atom. The predicted octanol–water partition coefficient (Wildman–Crippen LogP) is 2.83. The highest BCUT2D eigenvalue weighted by molar-refractivity contribution is 7.11. The highest BCUT2D eigenvalue weighted by Crippen LogP contribution is 2.22. The Bertz CT molecular complexity index is 619. The zero-order valence-electron chi connectivity index (χ0n) is 12.6. The van der Waals surface area contributed by atoms with Gasteiger partial charge in [-0.25, -0.2) is 4.98 Å². The molecule has 6 heteroatoms. The van der Waals surface area contributed by atoms with Crippen molar-refractivity contribution in [3.05, 3.63) is 41.4 Å². The smallest absolute Gasteiger partial charge is 0.273 e. The van der Waals surface area contributed by atoms with Gasteiger partial charge in [-0.05, 0) is 38.1 Å². The van der Waals surface area contributed by atoms with Gasteiger partial charge in [0, 0.05) is 17.1 Å². The lowest BCUT2D eigenvalue weighted by Gasteiger charge is -2.38. The molecule has 1 aliphatic heterocycles. The van der Waals surface area contributed by atoms with Crippen LogP contribution in [0, 0.1) is 0 Å². The molecule has 0 aliphatic carbocycles. The normalized spacial score (nSPS) is 14.8. The summed E-state index contributed by atoms with van der Waals surface area (Å²) in [5, 5.41) is 2.53. The molecule has 0 atom stereocenters.